The Balaban J connectivity index is 1.69. The van der Waals surface area contributed by atoms with E-state index in [1.807, 2.05) is 49.1 Å². The van der Waals surface area contributed by atoms with Crippen LogP contribution in [-0.2, 0) is 17.9 Å². The highest BCUT2D eigenvalue weighted by atomic mass is 16.2. The molecule has 0 saturated carbocycles. The van der Waals surface area contributed by atoms with Crippen molar-refractivity contribution in [2.45, 2.75) is 51.7 Å². The zero-order valence-corrected chi connectivity index (χ0v) is 15.9. The summed E-state index contributed by atoms with van der Waals surface area (Å²) in [6.07, 6.45) is 8.96. The maximum absolute atomic E-state index is 12.8. The van der Waals surface area contributed by atoms with E-state index in [9.17, 15) is 4.79 Å². The molecule has 1 aliphatic heterocycles. The normalized spacial score (nSPS) is 17.2. The van der Waals surface area contributed by atoms with Crippen LogP contribution in [0.15, 0.2) is 24.7 Å². The Morgan fingerprint density at radius 2 is 2.23 bits per heavy atom. The number of likely N-dealkylation sites (tertiary alicyclic amines) is 1. The van der Waals surface area contributed by atoms with Gasteiger partial charge in [-0.1, -0.05) is 0 Å². The molecule has 1 unspecified atom stereocenters. The first-order valence-electron chi connectivity index (χ1n) is 9.28. The third kappa shape index (κ3) is 4.46. The number of hydrogen-bond acceptors (Lipinski definition) is 5. The Morgan fingerprint density at radius 1 is 1.38 bits per heavy atom. The van der Waals surface area contributed by atoms with Crippen LogP contribution < -0.4 is 0 Å². The van der Waals surface area contributed by atoms with E-state index >= 15 is 0 Å². The third-order valence-electron chi connectivity index (χ3n) is 4.73. The summed E-state index contributed by atoms with van der Waals surface area (Å²) in [5.74, 6) is 0.979. The van der Waals surface area contributed by atoms with E-state index in [1.54, 1.807) is 6.20 Å². The van der Waals surface area contributed by atoms with Gasteiger partial charge in [0.15, 0.2) is 0 Å². The average Bonchev–Trinajstić information content (AvgIpc) is 3.27. The number of aryl methyl sites for hydroxylation is 2. The Kier molecular flexibility index (Phi) is 5.98. The van der Waals surface area contributed by atoms with Crippen LogP contribution in [0.4, 0.5) is 0 Å². The lowest BCUT2D eigenvalue weighted by molar-refractivity contribution is -0.132. The fourth-order valence-corrected chi connectivity index (χ4v) is 3.58. The van der Waals surface area contributed by atoms with Gasteiger partial charge in [-0.05, 0) is 46.3 Å². The number of hydrogen-bond donors (Lipinski definition) is 0. The molecule has 3 rings (SSSR count). The Labute approximate surface area is 155 Å². The highest BCUT2D eigenvalue weighted by Crippen LogP contribution is 2.33. The van der Waals surface area contributed by atoms with Gasteiger partial charge >= 0.3 is 0 Å². The predicted molar refractivity (Wildman–Crippen MR) is 99.3 cm³/mol. The molecule has 3 heterocycles. The molecule has 0 aliphatic carbocycles. The quantitative estimate of drug-likeness (QED) is 0.761. The van der Waals surface area contributed by atoms with Crippen molar-refractivity contribution >= 4 is 5.91 Å². The highest BCUT2D eigenvalue weighted by molar-refractivity contribution is 5.77. The second-order valence-electron chi connectivity index (χ2n) is 7.18. The molecule has 2 aromatic rings. The van der Waals surface area contributed by atoms with E-state index in [4.69, 9.17) is 4.98 Å². The fraction of sp³-hybridized carbons (Fsp3) is 0.579. The van der Waals surface area contributed by atoms with Gasteiger partial charge in [-0.2, -0.15) is 5.10 Å². The standard InChI is InChI=1S/C19H28N6O/c1-15-20-13-16(14-23(2)3)19(22-15)17-7-4-12-25(17)18(26)8-5-10-24-11-6-9-21-24/h6,9,11,13,17H,4-5,7-8,10,12,14H2,1-3H3. The summed E-state index contributed by atoms with van der Waals surface area (Å²) in [4.78, 5) is 26.0. The molecule has 0 aromatic carbocycles. The summed E-state index contributed by atoms with van der Waals surface area (Å²) in [6.45, 7) is 4.28. The van der Waals surface area contributed by atoms with Crippen molar-refractivity contribution in [3.63, 3.8) is 0 Å². The van der Waals surface area contributed by atoms with Crippen LogP contribution in [0.25, 0.3) is 0 Å². The van der Waals surface area contributed by atoms with Crippen LogP contribution >= 0.6 is 0 Å². The lowest BCUT2D eigenvalue weighted by atomic mass is 10.0. The van der Waals surface area contributed by atoms with Gasteiger partial charge in [-0.15, -0.1) is 0 Å². The SMILES string of the molecule is Cc1ncc(CN(C)C)c(C2CCCN2C(=O)CCCn2cccn2)n1. The second kappa shape index (κ2) is 8.40. The van der Waals surface area contributed by atoms with Crippen molar-refractivity contribution in [3.05, 3.63) is 41.7 Å². The molecule has 7 nitrogen and oxygen atoms in total. The molecule has 0 radical (unpaired) electrons. The fourth-order valence-electron chi connectivity index (χ4n) is 3.58. The number of rotatable bonds is 7. The number of aromatic nitrogens is 4. The molecule has 1 fully saturated rings. The molecule has 26 heavy (non-hydrogen) atoms. The third-order valence-corrected chi connectivity index (χ3v) is 4.73. The van der Waals surface area contributed by atoms with Gasteiger partial charge in [0.1, 0.15) is 5.82 Å². The smallest absolute Gasteiger partial charge is 0.223 e. The van der Waals surface area contributed by atoms with E-state index < -0.39 is 0 Å². The number of carbonyl (C=O) groups is 1. The van der Waals surface area contributed by atoms with Gasteiger partial charge in [-0.3, -0.25) is 9.48 Å². The minimum atomic E-state index is 0.0730. The van der Waals surface area contributed by atoms with Crippen molar-refractivity contribution in [2.24, 2.45) is 0 Å². The minimum Gasteiger partial charge on any atom is -0.334 e. The topological polar surface area (TPSA) is 67.2 Å². The maximum Gasteiger partial charge on any atom is 0.223 e. The first kappa shape index (κ1) is 18.5. The largest absolute Gasteiger partial charge is 0.334 e. The van der Waals surface area contributed by atoms with Crippen LogP contribution in [-0.4, -0.2) is 56.1 Å². The molecular formula is C19H28N6O. The molecule has 1 saturated heterocycles. The molecule has 140 valence electrons. The number of carbonyl (C=O) groups excluding carboxylic acids is 1. The van der Waals surface area contributed by atoms with Crippen molar-refractivity contribution in [1.82, 2.24) is 29.5 Å². The Bertz CT molecular complexity index is 728. The van der Waals surface area contributed by atoms with Gasteiger partial charge in [0.2, 0.25) is 5.91 Å². The van der Waals surface area contributed by atoms with E-state index in [1.165, 1.54) is 0 Å². The van der Waals surface area contributed by atoms with Gasteiger partial charge < -0.3 is 9.80 Å². The first-order chi connectivity index (χ1) is 12.5. The molecule has 2 aromatic heterocycles. The monoisotopic (exact) mass is 356 g/mol. The summed E-state index contributed by atoms with van der Waals surface area (Å²) in [6, 6.07) is 1.98. The Hall–Kier alpha value is -2.28. The lowest BCUT2D eigenvalue weighted by Gasteiger charge is -2.27. The number of amides is 1. The van der Waals surface area contributed by atoms with Gasteiger partial charge in [0.25, 0.3) is 0 Å². The van der Waals surface area contributed by atoms with Crippen LogP contribution in [0.2, 0.25) is 0 Å². The summed E-state index contributed by atoms with van der Waals surface area (Å²) >= 11 is 0. The molecule has 1 atom stereocenters. The molecule has 0 spiro atoms. The first-order valence-corrected chi connectivity index (χ1v) is 9.28. The highest BCUT2D eigenvalue weighted by Gasteiger charge is 2.32. The van der Waals surface area contributed by atoms with Crippen LogP contribution in [0.1, 0.15) is 48.8 Å². The molecule has 1 amide bonds. The van der Waals surface area contributed by atoms with Gasteiger partial charge in [-0.25, -0.2) is 9.97 Å². The molecule has 7 heteroatoms. The van der Waals surface area contributed by atoms with Gasteiger partial charge in [0.05, 0.1) is 11.7 Å². The van der Waals surface area contributed by atoms with Crippen molar-refractivity contribution in [1.29, 1.82) is 0 Å². The maximum atomic E-state index is 12.8. The molecular weight excluding hydrogens is 328 g/mol. The lowest BCUT2D eigenvalue weighted by Crippen LogP contribution is -2.32. The van der Waals surface area contributed by atoms with E-state index in [0.29, 0.717) is 6.42 Å². The van der Waals surface area contributed by atoms with Crippen LogP contribution in [0.3, 0.4) is 0 Å². The van der Waals surface area contributed by atoms with E-state index in [2.05, 4.69) is 15.0 Å². The van der Waals surface area contributed by atoms with Crippen LogP contribution in [0, 0.1) is 6.92 Å². The minimum absolute atomic E-state index is 0.0730. The zero-order valence-electron chi connectivity index (χ0n) is 15.9. The molecule has 0 bridgehead atoms. The summed E-state index contributed by atoms with van der Waals surface area (Å²) in [7, 11) is 4.08. The Morgan fingerprint density at radius 3 is 2.96 bits per heavy atom. The summed E-state index contributed by atoms with van der Waals surface area (Å²) in [5.41, 5.74) is 2.13. The molecule has 0 N–H and O–H groups in total. The average molecular weight is 356 g/mol. The van der Waals surface area contributed by atoms with E-state index in [-0.39, 0.29) is 11.9 Å². The predicted octanol–water partition coefficient (Wildman–Crippen LogP) is 2.19. The number of nitrogens with zero attached hydrogens (tertiary/aromatic N) is 6. The van der Waals surface area contributed by atoms with E-state index in [0.717, 1.165) is 56.0 Å². The van der Waals surface area contributed by atoms with Crippen molar-refractivity contribution < 1.29 is 4.79 Å². The van der Waals surface area contributed by atoms with Crippen molar-refractivity contribution in [2.75, 3.05) is 20.6 Å². The van der Waals surface area contributed by atoms with Gasteiger partial charge in [0, 0.05) is 50.2 Å². The molecule has 1 aliphatic rings. The second-order valence-corrected chi connectivity index (χ2v) is 7.18. The summed E-state index contributed by atoms with van der Waals surface area (Å²) < 4.78 is 1.87. The van der Waals surface area contributed by atoms with Crippen LogP contribution in [0.5, 0.6) is 0 Å². The summed E-state index contributed by atoms with van der Waals surface area (Å²) in [5, 5.41) is 4.19. The van der Waals surface area contributed by atoms with Crippen molar-refractivity contribution in [3.8, 4) is 0 Å². The zero-order chi connectivity index (χ0) is 18.5.